The van der Waals surface area contributed by atoms with Crippen molar-refractivity contribution in [2.75, 3.05) is 0 Å². The molecule has 2 N–H and O–H groups in total. The van der Waals surface area contributed by atoms with Crippen LogP contribution in [0.1, 0.15) is 6.92 Å². The third kappa shape index (κ3) is 22.6. The molecule has 0 radical (unpaired) electrons. The van der Waals surface area contributed by atoms with E-state index in [-0.39, 0.29) is 0 Å². The molecule has 2 nitrogen and oxygen atoms in total. The average Bonchev–Trinajstić information content (AvgIpc) is 1.99. The minimum absolute atomic E-state index is 1.08. The molecule has 0 aromatic rings. The van der Waals surface area contributed by atoms with Crippen molar-refractivity contribution in [2.24, 2.45) is 0 Å². The maximum Gasteiger partial charge on any atom is 0.448 e. The number of rotatable bonds is 2. The van der Waals surface area contributed by atoms with Crippen molar-refractivity contribution >= 4 is 23.0 Å². The average molecular weight is 233 g/mol. The fraction of sp³-hybridized carbons (Fsp3) is 0.250. The summed E-state index contributed by atoms with van der Waals surface area (Å²) in [5, 5.41) is 15.2. The number of hydrogen-bond donors (Lipinski definition) is 2. The van der Waals surface area contributed by atoms with E-state index in [1.807, 2.05) is 25.2 Å². The molecular formula is C8H14BBrO2. The Bertz CT molecular complexity index is 162. The molecule has 4 heteroatoms. The SMILES string of the molecule is C=C/C=C\C(Br)=C/C.CB(O)O. The van der Waals surface area contributed by atoms with Gasteiger partial charge in [0.15, 0.2) is 0 Å². The first-order chi connectivity index (χ1) is 5.54. The Labute approximate surface area is 82.6 Å². The van der Waals surface area contributed by atoms with Crippen molar-refractivity contribution in [3.8, 4) is 0 Å². The van der Waals surface area contributed by atoms with E-state index in [4.69, 9.17) is 10.0 Å². The predicted molar refractivity (Wildman–Crippen MR) is 58.1 cm³/mol. The van der Waals surface area contributed by atoms with Gasteiger partial charge in [-0.3, -0.25) is 0 Å². The molecule has 0 aliphatic heterocycles. The Morgan fingerprint density at radius 2 is 1.92 bits per heavy atom. The van der Waals surface area contributed by atoms with Crippen LogP contribution in [-0.2, 0) is 0 Å². The van der Waals surface area contributed by atoms with Crippen molar-refractivity contribution in [3.05, 3.63) is 35.4 Å². The monoisotopic (exact) mass is 232 g/mol. The summed E-state index contributed by atoms with van der Waals surface area (Å²) in [5.41, 5.74) is 0. The fourth-order valence-corrected chi connectivity index (χ4v) is 0.409. The van der Waals surface area contributed by atoms with Gasteiger partial charge in [-0.2, -0.15) is 0 Å². The van der Waals surface area contributed by atoms with E-state index in [0.29, 0.717) is 0 Å². The van der Waals surface area contributed by atoms with Gasteiger partial charge in [-0.15, -0.1) is 0 Å². The minimum Gasteiger partial charge on any atom is -0.427 e. The van der Waals surface area contributed by atoms with Crippen LogP contribution in [0.25, 0.3) is 0 Å². The second-order valence-corrected chi connectivity index (χ2v) is 2.82. The molecule has 68 valence electrons. The molecule has 0 aromatic heterocycles. The van der Waals surface area contributed by atoms with Gasteiger partial charge in [-0.25, -0.2) is 0 Å². The third-order valence-electron chi connectivity index (χ3n) is 0.667. The van der Waals surface area contributed by atoms with E-state index in [1.165, 1.54) is 6.82 Å². The van der Waals surface area contributed by atoms with Crippen LogP contribution in [0.5, 0.6) is 0 Å². The summed E-state index contributed by atoms with van der Waals surface area (Å²) in [6.45, 7) is 6.78. The van der Waals surface area contributed by atoms with Crippen molar-refractivity contribution in [2.45, 2.75) is 13.7 Å². The summed E-state index contributed by atoms with van der Waals surface area (Å²) >= 11 is 3.30. The van der Waals surface area contributed by atoms with Crippen molar-refractivity contribution in [1.29, 1.82) is 0 Å². The van der Waals surface area contributed by atoms with E-state index in [1.54, 1.807) is 6.08 Å². The molecule has 12 heavy (non-hydrogen) atoms. The summed E-state index contributed by atoms with van der Waals surface area (Å²) in [5.74, 6) is 0. The molecule has 0 unspecified atom stereocenters. The lowest BCUT2D eigenvalue weighted by atomic mass is 9.99. The molecule has 0 heterocycles. The van der Waals surface area contributed by atoms with Crippen LogP contribution in [0.3, 0.4) is 0 Å². The number of halogens is 1. The van der Waals surface area contributed by atoms with Gasteiger partial charge in [0.05, 0.1) is 0 Å². The smallest absolute Gasteiger partial charge is 0.427 e. The molecule has 0 spiro atoms. The van der Waals surface area contributed by atoms with E-state index < -0.39 is 7.12 Å². The zero-order chi connectivity index (χ0) is 9.98. The van der Waals surface area contributed by atoms with Gasteiger partial charge in [0, 0.05) is 4.48 Å². The molecule has 0 fully saturated rings. The molecule has 0 bridgehead atoms. The minimum atomic E-state index is -1.17. The zero-order valence-corrected chi connectivity index (χ0v) is 8.95. The second-order valence-electron chi connectivity index (χ2n) is 1.90. The maximum absolute atomic E-state index is 7.61. The highest BCUT2D eigenvalue weighted by Crippen LogP contribution is 2.04. The van der Waals surface area contributed by atoms with Gasteiger partial charge in [-0.1, -0.05) is 40.7 Å². The Morgan fingerprint density at radius 3 is 2.17 bits per heavy atom. The fourth-order valence-electron chi connectivity index (χ4n) is 0.256. The van der Waals surface area contributed by atoms with Crippen molar-refractivity contribution in [3.63, 3.8) is 0 Å². The van der Waals surface area contributed by atoms with Crippen LogP contribution < -0.4 is 0 Å². The van der Waals surface area contributed by atoms with Crippen LogP contribution in [0, 0.1) is 0 Å². The lowest BCUT2D eigenvalue weighted by molar-refractivity contribution is 0.417. The lowest BCUT2D eigenvalue weighted by Gasteiger charge is -1.79. The topological polar surface area (TPSA) is 40.5 Å². The van der Waals surface area contributed by atoms with Gasteiger partial charge in [-0.05, 0) is 19.8 Å². The highest BCUT2D eigenvalue weighted by molar-refractivity contribution is 9.11. The first-order valence-corrected chi connectivity index (χ1v) is 4.31. The maximum atomic E-state index is 7.61. The standard InChI is InChI=1S/C7H9Br.CH5BO2/c1-3-5-6-7(8)4-2;1-2(3)4/h3-6H,1H2,2H3;3-4H,1H3/b6-5-,7-4+;. The van der Waals surface area contributed by atoms with Gasteiger partial charge < -0.3 is 10.0 Å². The Kier molecular flexibility index (Phi) is 12.7. The predicted octanol–water partition coefficient (Wildman–Crippen LogP) is 2.12. The number of hydrogen-bond acceptors (Lipinski definition) is 2. The normalized spacial score (nSPS) is 10.6. The lowest BCUT2D eigenvalue weighted by Crippen LogP contribution is -2.00. The summed E-state index contributed by atoms with van der Waals surface area (Å²) in [6.07, 6.45) is 7.53. The van der Waals surface area contributed by atoms with Crippen molar-refractivity contribution < 1.29 is 10.0 Å². The van der Waals surface area contributed by atoms with E-state index in [0.717, 1.165) is 4.48 Å². The highest BCUT2D eigenvalue weighted by atomic mass is 79.9. The van der Waals surface area contributed by atoms with E-state index >= 15 is 0 Å². The Morgan fingerprint density at radius 1 is 1.50 bits per heavy atom. The Balaban J connectivity index is 0. The van der Waals surface area contributed by atoms with Gasteiger partial charge in [0.1, 0.15) is 0 Å². The molecule has 0 rings (SSSR count). The zero-order valence-electron chi connectivity index (χ0n) is 7.37. The molecule has 0 saturated heterocycles. The van der Waals surface area contributed by atoms with Crippen LogP contribution in [0.2, 0.25) is 6.82 Å². The van der Waals surface area contributed by atoms with Gasteiger partial charge >= 0.3 is 7.12 Å². The molecule has 0 atom stereocenters. The van der Waals surface area contributed by atoms with Crippen LogP contribution in [-0.4, -0.2) is 17.2 Å². The molecule has 0 aromatic carbocycles. The van der Waals surface area contributed by atoms with E-state index in [2.05, 4.69) is 22.5 Å². The van der Waals surface area contributed by atoms with Crippen LogP contribution >= 0.6 is 15.9 Å². The Hall–Kier alpha value is -0.315. The molecule has 0 aliphatic rings. The van der Waals surface area contributed by atoms with Crippen molar-refractivity contribution in [1.82, 2.24) is 0 Å². The molecule has 0 saturated carbocycles. The van der Waals surface area contributed by atoms with Gasteiger partial charge in [0.2, 0.25) is 0 Å². The second kappa shape index (κ2) is 10.7. The largest absolute Gasteiger partial charge is 0.448 e. The first-order valence-electron chi connectivity index (χ1n) is 3.51. The van der Waals surface area contributed by atoms with Gasteiger partial charge in [0.25, 0.3) is 0 Å². The molecule has 0 amide bonds. The highest BCUT2D eigenvalue weighted by Gasteiger charge is 1.86. The summed E-state index contributed by atoms with van der Waals surface area (Å²) in [4.78, 5) is 0. The summed E-state index contributed by atoms with van der Waals surface area (Å²) < 4.78 is 1.08. The summed E-state index contributed by atoms with van der Waals surface area (Å²) in [7, 11) is -1.17. The van der Waals surface area contributed by atoms with Crippen LogP contribution in [0.15, 0.2) is 35.4 Å². The van der Waals surface area contributed by atoms with E-state index in [9.17, 15) is 0 Å². The van der Waals surface area contributed by atoms with Crippen LogP contribution in [0.4, 0.5) is 0 Å². The summed E-state index contributed by atoms with van der Waals surface area (Å²) in [6, 6.07) is 0. The number of allylic oxidation sites excluding steroid dienone is 5. The molecule has 0 aliphatic carbocycles. The third-order valence-corrected chi connectivity index (χ3v) is 1.39. The quantitative estimate of drug-likeness (QED) is 0.566. The first kappa shape index (κ1) is 14.2. The molecular weight excluding hydrogens is 219 g/mol.